The van der Waals surface area contributed by atoms with Gasteiger partial charge in [0.05, 0.1) is 0 Å². The van der Waals surface area contributed by atoms with Gasteiger partial charge in [-0.25, -0.2) is 0 Å². The quantitative estimate of drug-likeness (QED) is 0.753. The minimum absolute atomic E-state index is 0.243. The van der Waals surface area contributed by atoms with Crippen molar-refractivity contribution in [1.29, 1.82) is 0 Å². The number of benzene rings is 1. The Kier molecular flexibility index (Phi) is 2.50. The van der Waals surface area contributed by atoms with E-state index in [1.807, 2.05) is 0 Å². The van der Waals surface area contributed by atoms with Gasteiger partial charge in [-0.15, -0.1) is 0 Å². The summed E-state index contributed by atoms with van der Waals surface area (Å²) in [4.78, 5) is 0. The molecule has 0 atom stereocenters. The van der Waals surface area contributed by atoms with Crippen LogP contribution < -0.4 is 3.79 Å². The van der Waals surface area contributed by atoms with Crippen LogP contribution in [0.25, 0.3) is 0 Å². The Bertz CT molecular complexity index is 319. The Morgan fingerprint density at radius 2 is 1.73 bits per heavy atom. The summed E-state index contributed by atoms with van der Waals surface area (Å²) in [5.74, 6) is 0.243. The third-order valence-corrected chi connectivity index (χ3v) is 1.81. The van der Waals surface area contributed by atoms with E-state index in [-0.39, 0.29) is 5.75 Å². The molecule has 0 aliphatic carbocycles. The van der Waals surface area contributed by atoms with Gasteiger partial charge >= 0.3 is 69.9 Å². The molecule has 1 aromatic carbocycles. The van der Waals surface area contributed by atoms with Crippen molar-refractivity contribution in [3.63, 3.8) is 0 Å². The van der Waals surface area contributed by atoms with Crippen molar-refractivity contribution in [1.82, 2.24) is 0 Å². The molecular weight excluding hydrogens is 208 g/mol. The average Bonchev–Trinajstić information content (AvgIpc) is 1.85. The van der Waals surface area contributed by atoms with E-state index in [4.69, 9.17) is 10.0 Å². The molecule has 0 bridgehead atoms. The molecule has 0 unspecified atom stereocenters. The van der Waals surface area contributed by atoms with Crippen LogP contribution in [0.4, 0.5) is 0 Å². The average molecular weight is 213 g/mol. The topological polar surface area (TPSA) is 43.4 Å². The van der Waals surface area contributed by atoms with Gasteiger partial charge in [-0.3, -0.25) is 0 Å². The van der Waals surface area contributed by atoms with Crippen LogP contribution >= 0.6 is 10.0 Å². The summed E-state index contributed by atoms with van der Waals surface area (Å²) in [5, 5.41) is 0. The first-order chi connectivity index (χ1) is 5.08. The molecule has 60 valence electrons. The van der Waals surface area contributed by atoms with Gasteiger partial charge in [0, 0.05) is 0 Å². The van der Waals surface area contributed by atoms with E-state index in [0.717, 1.165) is 0 Å². The molecule has 0 spiro atoms. The molecule has 0 N–H and O–H groups in total. The standard InChI is InChI=1S/C6H6O.ClH.Cr.2O/c7-6-4-2-1-3-5-6;;;;/h1-5,7H;1H;;;/q;;+2;;/p-2. The second-order valence-corrected chi connectivity index (χ2v) is 4.84. The van der Waals surface area contributed by atoms with Crippen LogP contribution in [-0.4, -0.2) is 0 Å². The molecule has 0 aliphatic rings. The van der Waals surface area contributed by atoms with Crippen LogP contribution in [0.1, 0.15) is 0 Å². The Morgan fingerprint density at radius 3 is 2.18 bits per heavy atom. The van der Waals surface area contributed by atoms with Gasteiger partial charge in [-0.1, -0.05) is 0 Å². The minimum atomic E-state index is -4.59. The number of halogens is 1. The molecule has 0 heterocycles. The molecule has 0 radical (unpaired) electrons. The number of para-hydroxylation sites is 1. The third-order valence-electron chi connectivity index (χ3n) is 0.939. The summed E-state index contributed by atoms with van der Waals surface area (Å²) in [6.07, 6.45) is 0. The van der Waals surface area contributed by atoms with E-state index < -0.39 is 12.4 Å². The molecule has 0 fully saturated rings. The summed E-state index contributed by atoms with van der Waals surface area (Å²) in [6.45, 7) is 0. The molecule has 5 heteroatoms. The molecule has 1 rings (SSSR count). The molecule has 0 aliphatic heterocycles. The molecule has 1 aromatic rings. The van der Waals surface area contributed by atoms with Crippen molar-refractivity contribution in [2.75, 3.05) is 0 Å². The molecule has 3 nitrogen and oxygen atoms in total. The zero-order valence-electron chi connectivity index (χ0n) is 5.40. The summed E-state index contributed by atoms with van der Waals surface area (Å²) < 4.78 is 25.2. The van der Waals surface area contributed by atoms with E-state index in [1.54, 1.807) is 18.2 Å². The van der Waals surface area contributed by atoms with Crippen molar-refractivity contribution in [3.8, 4) is 5.75 Å². The van der Waals surface area contributed by atoms with Gasteiger partial charge in [-0.05, 0) is 0 Å². The van der Waals surface area contributed by atoms with Crippen LogP contribution in [0.15, 0.2) is 30.3 Å². The molecular formula is C6H5ClCrO3. The van der Waals surface area contributed by atoms with E-state index in [2.05, 4.69) is 3.79 Å². The van der Waals surface area contributed by atoms with Crippen molar-refractivity contribution in [2.24, 2.45) is 0 Å². The second kappa shape index (κ2) is 3.23. The normalized spacial score (nSPS) is 11.0. The summed E-state index contributed by atoms with van der Waals surface area (Å²) in [5.41, 5.74) is 0. The van der Waals surface area contributed by atoms with Gasteiger partial charge in [0.15, 0.2) is 0 Å². The summed E-state index contributed by atoms with van der Waals surface area (Å²) >= 11 is -4.59. The van der Waals surface area contributed by atoms with Crippen molar-refractivity contribution >= 4 is 10.0 Å². The first-order valence-electron chi connectivity index (χ1n) is 2.77. The molecule has 0 saturated heterocycles. The van der Waals surface area contributed by atoms with Gasteiger partial charge < -0.3 is 0 Å². The Labute approximate surface area is 70.2 Å². The Morgan fingerprint density at radius 1 is 1.18 bits per heavy atom. The van der Waals surface area contributed by atoms with Crippen LogP contribution in [0, 0.1) is 0 Å². The first-order valence-corrected chi connectivity index (χ1v) is 6.08. The maximum atomic E-state index is 10.4. The fourth-order valence-corrected chi connectivity index (χ4v) is 1.42. The molecule has 11 heavy (non-hydrogen) atoms. The third kappa shape index (κ3) is 3.38. The molecule has 0 aromatic heterocycles. The van der Waals surface area contributed by atoms with Crippen LogP contribution in [-0.2, 0) is 20.0 Å². The van der Waals surface area contributed by atoms with Crippen LogP contribution in [0.5, 0.6) is 5.75 Å². The second-order valence-electron chi connectivity index (χ2n) is 1.79. The predicted molar refractivity (Wildman–Crippen MR) is 34.3 cm³/mol. The zero-order chi connectivity index (χ0) is 8.32. The molecule has 0 amide bonds. The van der Waals surface area contributed by atoms with E-state index in [0.29, 0.717) is 0 Å². The number of rotatable bonds is 2. The van der Waals surface area contributed by atoms with Gasteiger partial charge in [0.1, 0.15) is 0 Å². The van der Waals surface area contributed by atoms with Crippen molar-refractivity contribution < 1.29 is 23.8 Å². The fourth-order valence-electron chi connectivity index (χ4n) is 0.591. The van der Waals surface area contributed by atoms with Gasteiger partial charge in [0.2, 0.25) is 0 Å². The summed E-state index contributed by atoms with van der Waals surface area (Å²) in [6, 6.07) is 8.11. The monoisotopic (exact) mass is 212 g/mol. The van der Waals surface area contributed by atoms with Crippen LogP contribution in [0.3, 0.4) is 0 Å². The fraction of sp³-hybridized carbons (Fsp3) is 0. The SMILES string of the molecule is [O]=[Cr](=[O])([Cl])[O]c1ccccc1. The van der Waals surface area contributed by atoms with E-state index in [1.165, 1.54) is 12.1 Å². The first kappa shape index (κ1) is 8.54. The Hall–Kier alpha value is -0.558. The number of hydrogen-bond donors (Lipinski definition) is 0. The Balaban J connectivity index is 2.82. The predicted octanol–water partition coefficient (Wildman–Crippen LogP) is 1.98. The zero-order valence-corrected chi connectivity index (χ0v) is 7.43. The van der Waals surface area contributed by atoms with Gasteiger partial charge in [0.25, 0.3) is 0 Å². The molecule has 0 saturated carbocycles. The van der Waals surface area contributed by atoms with Crippen molar-refractivity contribution in [3.05, 3.63) is 30.3 Å². The number of hydrogen-bond acceptors (Lipinski definition) is 3. The van der Waals surface area contributed by atoms with E-state index in [9.17, 15) is 7.61 Å². The van der Waals surface area contributed by atoms with Gasteiger partial charge in [-0.2, -0.15) is 0 Å². The van der Waals surface area contributed by atoms with E-state index >= 15 is 0 Å². The summed E-state index contributed by atoms with van der Waals surface area (Å²) in [7, 11) is 4.89. The maximum absolute atomic E-state index is 10.4. The van der Waals surface area contributed by atoms with Crippen LogP contribution in [0.2, 0.25) is 0 Å². The van der Waals surface area contributed by atoms with Crippen molar-refractivity contribution in [2.45, 2.75) is 0 Å².